The van der Waals surface area contributed by atoms with Crippen molar-refractivity contribution in [3.63, 3.8) is 0 Å². The van der Waals surface area contributed by atoms with Crippen LogP contribution >= 0.6 is 11.3 Å². The number of aryl methyl sites for hydroxylation is 2. The Balaban J connectivity index is 2.03. The summed E-state index contributed by atoms with van der Waals surface area (Å²) < 4.78 is 5.14. The van der Waals surface area contributed by atoms with Gasteiger partial charge in [0.2, 0.25) is 0 Å². The van der Waals surface area contributed by atoms with E-state index in [0.717, 1.165) is 6.42 Å². The lowest BCUT2D eigenvalue weighted by atomic mass is 9.99. The minimum atomic E-state index is 1.16. The average molecular weight is 343 g/mol. The van der Waals surface area contributed by atoms with Gasteiger partial charge in [-0.25, -0.2) is 0 Å². The quantitative estimate of drug-likeness (QED) is 0.331. The topological polar surface area (TPSA) is 4.93 Å². The minimum Gasteiger partial charge on any atom is -0.344 e. The molecule has 5 aromatic rings. The van der Waals surface area contributed by atoms with E-state index in [2.05, 4.69) is 73.1 Å². The second kappa shape index (κ2) is 5.60. The largest absolute Gasteiger partial charge is 0.344 e. The highest BCUT2D eigenvalue weighted by atomic mass is 32.1. The van der Waals surface area contributed by atoms with E-state index in [9.17, 15) is 0 Å². The molecule has 0 unspecified atom stereocenters. The number of benzene rings is 3. The normalized spacial score (nSPS) is 12.1. The SMILES string of the molecule is CCCCc1cccc2c1c1c3c(ccc1n2C)sc1ccccc13. The third-order valence-corrected chi connectivity index (χ3v) is 6.56. The van der Waals surface area contributed by atoms with E-state index in [-0.39, 0.29) is 0 Å². The molecule has 1 nitrogen and oxygen atoms in total. The molecule has 0 fully saturated rings. The minimum absolute atomic E-state index is 1.16. The van der Waals surface area contributed by atoms with Gasteiger partial charge < -0.3 is 4.57 Å². The van der Waals surface area contributed by atoms with Crippen LogP contribution in [0.4, 0.5) is 0 Å². The van der Waals surface area contributed by atoms with Crippen LogP contribution in [0.3, 0.4) is 0 Å². The lowest BCUT2D eigenvalue weighted by molar-refractivity contribution is 0.799. The molecule has 0 saturated heterocycles. The first-order valence-corrected chi connectivity index (χ1v) is 9.91. The Labute approximate surface area is 151 Å². The van der Waals surface area contributed by atoms with Gasteiger partial charge in [0.1, 0.15) is 0 Å². The summed E-state index contributed by atoms with van der Waals surface area (Å²) in [5.74, 6) is 0. The lowest BCUT2D eigenvalue weighted by Gasteiger charge is -2.04. The molecule has 0 spiro atoms. The maximum Gasteiger partial charge on any atom is 0.0496 e. The summed E-state index contributed by atoms with van der Waals surface area (Å²) in [5, 5.41) is 5.74. The maximum absolute atomic E-state index is 2.37. The van der Waals surface area contributed by atoms with E-state index in [1.165, 1.54) is 60.4 Å². The molecule has 0 aliphatic heterocycles. The second-order valence-corrected chi connectivity index (χ2v) is 7.99. The number of hydrogen-bond acceptors (Lipinski definition) is 1. The molecule has 3 aromatic carbocycles. The van der Waals surface area contributed by atoms with Crippen LogP contribution in [0.2, 0.25) is 0 Å². The fourth-order valence-corrected chi connectivity index (χ4v) is 5.31. The van der Waals surface area contributed by atoms with Crippen LogP contribution in [-0.2, 0) is 13.5 Å². The monoisotopic (exact) mass is 343 g/mol. The van der Waals surface area contributed by atoms with Gasteiger partial charge in [0.15, 0.2) is 0 Å². The Hall–Kier alpha value is -2.32. The zero-order valence-electron chi connectivity index (χ0n) is 14.7. The number of aromatic nitrogens is 1. The van der Waals surface area contributed by atoms with Gasteiger partial charge in [-0.15, -0.1) is 11.3 Å². The number of unbranched alkanes of at least 4 members (excludes halogenated alkanes) is 1. The summed E-state index contributed by atoms with van der Waals surface area (Å²) in [6.07, 6.45) is 3.64. The van der Waals surface area contributed by atoms with E-state index in [0.29, 0.717) is 0 Å². The standard InChI is InChI=1S/C23H21NS/c1-3-4-8-15-9-7-11-17-21(15)23-18(24(17)2)13-14-20-22(23)16-10-5-6-12-19(16)25-20/h5-7,9-14H,3-4,8H2,1-2H3. The Kier molecular flexibility index (Phi) is 3.36. The summed E-state index contributed by atoms with van der Waals surface area (Å²) >= 11 is 1.91. The van der Waals surface area contributed by atoms with Crippen LogP contribution in [-0.4, -0.2) is 4.57 Å². The van der Waals surface area contributed by atoms with Gasteiger partial charge in [-0.2, -0.15) is 0 Å². The molecular formula is C23H21NS. The van der Waals surface area contributed by atoms with Crippen molar-refractivity contribution in [1.82, 2.24) is 4.57 Å². The van der Waals surface area contributed by atoms with Crippen LogP contribution in [0, 0.1) is 0 Å². The molecular weight excluding hydrogens is 322 g/mol. The highest BCUT2D eigenvalue weighted by Gasteiger charge is 2.17. The molecule has 0 atom stereocenters. The molecule has 124 valence electrons. The Bertz CT molecular complexity index is 1240. The van der Waals surface area contributed by atoms with Crippen LogP contribution in [0.15, 0.2) is 54.6 Å². The first kappa shape index (κ1) is 15.0. The molecule has 0 saturated carbocycles. The van der Waals surface area contributed by atoms with Gasteiger partial charge >= 0.3 is 0 Å². The summed E-state index contributed by atoms with van der Waals surface area (Å²) in [4.78, 5) is 0. The van der Waals surface area contributed by atoms with Crippen molar-refractivity contribution >= 4 is 53.3 Å². The predicted molar refractivity (Wildman–Crippen MR) is 112 cm³/mol. The smallest absolute Gasteiger partial charge is 0.0496 e. The molecule has 0 N–H and O–H groups in total. The van der Waals surface area contributed by atoms with Crippen LogP contribution in [0.5, 0.6) is 0 Å². The first-order chi connectivity index (χ1) is 12.3. The van der Waals surface area contributed by atoms with Crippen molar-refractivity contribution in [1.29, 1.82) is 0 Å². The number of nitrogens with zero attached hydrogens (tertiary/aromatic N) is 1. The highest BCUT2D eigenvalue weighted by molar-refractivity contribution is 7.26. The van der Waals surface area contributed by atoms with Gasteiger partial charge in [-0.3, -0.25) is 0 Å². The second-order valence-electron chi connectivity index (χ2n) is 6.90. The van der Waals surface area contributed by atoms with Gasteiger partial charge in [-0.1, -0.05) is 43.7 Å². The molecule has 25 heavy (non-hydrogen) atoms. The summed E-state index contributed by atoms with van der Waals surface area (Å²) in [6, 6.07) is 20.2. The predicted octanol–water partition coefficient (Wildman–Crippen LogP) is 7.04. The lowest BCUT2D eigenvalue weighted by Crippen LogP contribution is -1.88. The fourth-order valence-electron chi connectivity index (χ4n) is 4.20. The van der Waals surface area contributed by atoms with Crippen molar-refractivity contribution in [2.45, 2.75) is 26.2 Å². The summed E-state index contributed by atoms with van der Waals surface area (Å²) in [6.45, 7) is 2.27. The highest BCUT2D eigenvalue weighted by Crippen LogP contribution is 2.43. The van der Waals surface area contributed by atoms with Crippen molar-refractivity contribution in [2.24, 2.45) is 7.05 Å². The Morgan fingerprint density at radius 3 is 2.52 bits per heavy atom. The van der Waals surface area contributed by atoms with Crippen molar-refractivity contribution < 1.29 is 0 Å². The van der Waals surface area contributed by atoms with Crippen molar-refractivity contribution in [2.75, 3.05) is 0 Å². The van der Waals surface area contributed by atoms with E-state index >= 15 is 0 Å². The summed E-state index contributed by atoms with van der Waals surface area (Å²) in [5.41, 5.74) is 4.19. The van der Waals surface area contributed by atoms with Crippen LogP contribution in [0.1, 0.15) is 25.3 Å². The van der Waals surface area contributed by atoms with E-state index < -0.39 is 0 Å². The number of fused-ring (bicyclic) bond motifs is 7. The van der Waals surface area contributed by atoms with Gasteiger partial charge in [0.25, 0.3) is 0 Å². The molecule has 0 bridgehead atoms. The Morgan fingerprint density at radius 2 is 1.64 bits per heavy atom. The summed E-state index contributed by atoms with van der Waals surface area (Å²) in [7, 11) is 2.20. The number of hydrogen-bond donors (Lipinski definition) is 0. The third kappa shape index (κ3) is 2.07. The van der Waals surface area contributed by atoms with Crippen LogP contribution in [0.25, 0.3) is 42.0 Å². The maximum atomic E-state index is 2.37. The number of thiophene rings is 1. The Morgan fingerprint density at radius 1 is 0.800 bits per heavy atom. The molecule has 0 aliphatic carbocycles. The zero-order valence-corrected chi connectivity index (χ0v) is 15.5. The molecule has 0 radical (unpaired) electrons. The molecule has 0 aliphatic rings. The molecule has 2 heterocycles. The van der Waals surface area contributed by atoms with Gasteiger partial charge in [-0.05, 0) is 42.7 Å². The molecule has 2 heteroatoms. The first-order valence-electron chi connectivity index (χ1n) is 9.10. The molecule has 0 amide bonds. The molecule has 5 rings (SSSR count). The van der Waals surface area contributed by atoms with Gasteiger partial charge in [0.05, 0.1) is 0 Å². The fraction of sp³-hybridized carbons (Fsp3) is 0.217. The van der Waals surface area contributed by atoms with E-state index in [1.807, 2.05) is 11.3 Å². The van der Waals surface area contributed by atoms with E-state index in [1.54, 1.807) is 0 Å². The molecule has 2 aromatic heterocycles. The third-order valence-electron chi connectivity index (χ3n) is 5.42. The van der Waals surface area contributed by atoms with Crippen molar-refractivity contribution in [3.05, 3.63) is 60.2 Å². The zero-order chi connectivity index (χ0) is 17.0. The van der Waals surface area contributed by atoms with Crippen LogP contribution < -0.4 is 0 Å². The number of rotatable bonds is 3. The van der Waals surface area contributed by atoms with Crippen molar-refractivity contribution in [3.8, 4) is 0 Å². The average Bonchev–Trinajstić information content (AvgIpc) is 3.16. The van der Waals surface area contributed by atoms with Gasteiger partial charge in [0, 0.05) is 49.0 Å². The van der Waals surface area contributed by atoms with E-state index in [4.69, 9.17) is 0 Å².